The van der Waals surface area contributed by atoms with Crippen LogP contribution in [0.25, 0.3) is 5.57 Å². The quantitative estimate of drug-likeness (QED) is 0.633. The molecule has 0 saturated carbocycles. The van der Waals surface area contributed by atoms with Crippen molar-refractivity contribution in [3.63, 3.8) is 0 Å². The van der Waals surface area contributed by atoms with Gasteiger partial charge in [0.25, 0.3) is 0 Å². The molecule has 0 aliphatic rings. The molecule has 0 radical (unpaired) electrons. The zero-order chi connectivity index (χ0) is 16.8. The Labute approximate surface area is 139 Å². The lowest BCUT2D eigenvalue weighted by atomic mass is 10.1. The summed E-state index contributed by atoms with van der Waals surface area (Å²) in [6.45, 7) is 22.3. The molecule has 1 aromatic carbocycles. The van der Waals surface area contributed by atoms with Gasteiger partial charge in [-0.25, -0.2) is 0 Å². The van der Waals surface area contributed by atoms with E-state index in [-0.39, 0.29) is 0 Å². The van der Waals surface area contributed by atoms with Crippen LogP contribution in [0.3, 0.4) is 0 Å². The summed E-state index contributed by atoms with van der Waals surface area (Å²) in [5.74, 6) is 0. The maximum absolute atomic E-state index is 4.13. The van der Waals surface area contributed by atoms with Crippen LogP contribution in [-0.4, -0.2) is 43.7 Å². The first-order valence-electron chi connectivity index (χ1n) is 8.78. The van der Waals surface area contributed by atoms with Gasteiger partial charge in [-0.2, -0.15) is 0 Å². The molecule has 0 saturated heterocycles. The van der Waals surface area contributed by atoms with Gasteiger partial charge in [-0.1, -0.05) is 71.0 Å². The molecule has 124 valence electrons. The van der Waals surface area contributed by atoms with Crippen molar-refractivity contribution >= 4 is 19.2 Å². The van der Waals surface area contributed by atoms with Crippen LogP contribution in [0, 0.1) is 0 Å². The first kappa shape index (κ1) is 19.1. The maximum Gasteiger partial charge on any atom is 0.239 e. The van der Waals surface area contributed by atoms with Crippen molar-refractivity contribution in [3.8, 4) is 0 Å². The lowest BCUT2D eigenvalue weighted by Crippen LogP contribution is -2.72. The summed E-state index contributed by atoms with van der Waals surface area (Å²) in [4.78, 5) is 0. The summed E-state index contributed by atoms with van der Waals surface area (Å²) in [5.41, 5.74) is 2.43. The number of benzene rings is 1. The summed E-state index contributed by atoms with van der Waals surface area (Å²) in [7, 11) is -1.86. The number of nitrogens with zero attached hydrogens (tertiary/aromatic N) is 2. The predicted molar refractivity (Wildman–Crippen MR) is 103 cm³/mol. The Kier molecular flexibility index (Phi) is 7.53. The molecular formula is C19H34N2Si. The Bertz CT molecular complexity index is 464. The second-order valence-electron chi connectivity index (χ2n) is 5.88. The second-order valence-corrected chi connectivity index (χ2v) is 10.1. The zero-order valence-electron chi connectivity index (χ0n) is 15.4. The molecular weight excluding hydrogens is 284 g/mol. The number of allylic oxidation sites excluding steroid dienone is 1. The molecule has 0 fully saturated rings. The van der Waals surface area contributed by atoms with E-state index in [1.54, 1.807) is 0 Å². The Morgan fingerprint density at radius 1 is 0.955 bits per heavy atom. The molecule has 2 nitrogen and oxygen atoms in total. The smallest absolute Gasteiger partial charge is 0.239 e. The van der Waals surface area contributed by atoms with E-state index in [2.05, 4.69) is 81.5 Å². The summed E-state index contributed by atoms with van der Waals surface area (Å²) in [6.07, 6.45) is 0. The third-order valence-corrected chi connectivity index (χ3v) is 10.5. The van der Waals surface area contributed by atoms with Gasteiger partial charge in [-0.15, -0.1) is 0 Å². The summed E-state index contributed by atoms with van der Waals surface area (Å²) >= 11 is 0. The van der Waals surface area contributed by atoms with Crippen LogP contribution in [0.2, 0.25) is 6.04 Å². The molecule has 0 aliphatic heterocycles. The minimum Gasteiger partial charge on any atom is -0.309 e. The van der Waals surface area contributed by atoms with Gasteiger partial charge in [0.2, 0.25) is 8.40 Å². The molecule has 3 heteroatoms. The van der Waals surface area contributed by atoms with Crippen molar-refractivity contribution in [1.82, 2.24) is 9.13 Å². The standard InChI is InChI=1S/C19H34N2Si/c1-8-20(9-2)22(12-5,21(10-3)11-4)19-15-13-14-18(16-19)17(6)7/h13-16H,6,8-12H2,1-5,7H3. The van der Waals surface area contributed by atoms with Gasteiger partial charge in [-0.05, 0) is 49.9 Å². The summed E-state index contributed by atoms with van der Waals surface area (Å²) < 4.78 is 5.47. The SMILES string of the molecule is C=C(C)c1cccc([Si](CC)(N(CC)CC)N(CC)CC)c1. The van der Waals surface area contributed by atoms with Crippen LogP contribution >= 0.6 is 0 Å². The van der Waals surface area contributed by atoms with Crippen LogP contribution in [0.5, 0.6) is 0 Å². The average Bonchev–Trinajstić information content (AvgIpc) is 2.55. The van der Waals surface area contributed by atoms with Crippen molar-refractivity contribution in [3.05, 3.63) is 36.4 Å². The fourth-order valence-electron chi connectivity index (χ4n) is 3.74. The number of hydrogen-bond donors (Lipinski definition) is 0. The molecule has 0 spiro atoms. The first-order valence-corrected chi connectivity index (χ1v) is 10.9. The fourth-order valence-corrected chi connectivity index (χ4v) is 9.02. The Morgan fingerprint density at radius 3 is 1.82 bits per heavy atom. The first-order chi connectivity index (χ1) is 10.5. The molecule has 22 heavy (non-hydrogen) atoms. The molecule has 1 rings (SSSR count). The van der Waals surface area contributed by atoms with Gasteiger partial charge < -0.3 is 9.13 Å². The average molecular weight is 319 g/mol. The zero-order valence-corrected chi connectivity index (χ0v) is 16.4. The van der Waals surface area contributed by atoms with Crippen LogP contribution in [0.1, 0.15) is 47.1 Å². The van der Waals surface area contributed by atoms with Crippen LogP contribution < -0.4 is 5.19 Å². The van der Waals surface area contributed by atoms with Gasteiger partial charge in [0, 0.05) is 0 Å². The van der Waals surface area contributed by atoms with Crippen molar-refractivity contribution < 1.29 is 0 Å². The van der Waals surface area contributed by atoms with Crippen LogP contribution in [0.15, 0.2) is 30.8 Å². The number of rotatable bonds is 9. The van der Waals surface area contributed by atoms with E-state index in [4.69, 9.17) is 0 Å². The Hall–Kier alpha value is -0.903. The molecule has 0 atom stereocenters. The van der Waals surface area contributed by atoms with Crippen molar-refractivity contribution in [2.24, 2.45) is 0 Å². The Balaban J connectivity index is 3.53. The van der Waals surface area contributed by atoms with E-state index in [1.807, 2.05) is 0 Å². The predicted octanol–water partition coefficient (Wildman–Crippen LogP) is 4.07. The van der Waals surface area contributed by atoms with Gasteiger partial charge in [0.1, 0.15) is 0 Å². The number of hydrogen-bond acceptors (Lipinski definition) is 2. The van der Waals surface area contributed by atoms with E-state index in [0.29, 0.717) is 0 Å². The largest absolute Gasteiger partial charge is 0.309 e. The van der Waals surface area contributed by atoms with Gasteiger partial charge in [0.15, 0.2) is 0 Å². The monoisotopic (exact) mass is 318 g/mol. The third-order valence-electron chi connectivity index (χ3n) is 4.88. The fraction of sp³-hybridized carbons (Fsp3) is 0.579. The maximum atomic E-state index is 4.13. The normalized spacial score (nSPS) is 12.2. The van der Waals surface area contributed by atoms with Crippen molar-refractivity contribution in [2.75, 3.05) is 26.2 Å². The van der Waals surface area contributed by atoms with E-state index in [9.17, 15) is 0 Å². The lowest BCUT2D eigenvalue weighted by Gasteiger charge is -2.48. The lowest BCUT2D eigenvalue weighted by molar-refractivity contribution is 0.362. The van der Waals surface area contributed by atoms with Crippen LogP contribution in [-0.2, 0) is 0 Å². The molecule has 0 bridgehead atoms. The highest BCUT2D eigenvalue weighted by molar-refractivity contribution is 6.87. The second kappa shape index (κ2) is 8.66. The molecule has 0 amide bonds. The van der Waals surface area contributed by atoms with E-state index in [0.717, 1.165) is 31.8 Å². The molecule has 1 aromatic rings. The van der Waals surface area contributed by atoms with Gasteiger partial charge >= 0.3 is 0 Å². The van der Waals surface area contributed by atoms with Crippen molar-refractivity contribution in [2.45, 2.75) is 47.6 Å². The highest BCUT2D eigenvalue weighted by Gasteiger charge is 2.43. The molecule has 0 unspecified atom stereocenters. The van der Waals surface area contributed by atoms with Crippen molar-refractivity contribution in [1.29, 1.82) is 0 Å². The molecule has 0 aromatic heterocycles. The minimum atomic E-state index is -1.86. The molecule has 0 N–H and O–H groups in total. The van der Waals surface area contributed by atoms with E-state index in [1.165, 1.54) is 16.8 Å². The van der Waals surface area contributed by atoms with Crippen LogP contribution in [0.4, 0.5) is 0 Å². The van der Waals surface area contributed by atoms with E-state index < -0.39 is 8.40 Å². The minimum absolute atomic E-state index is 1.12. The van der Waals surface area contributed by atoms with E-state index >= 15 is 0 Å². The topological polar surface area (TPSA) is 6.48 Å². The summed E-state index contributed by atoms with van der Waals surface area (Å²) in [5, 5.41) is 1.53. The molecule has 0 aliphatic carbocycles. The Morgan fingerprint density at radius 2 is 1.45 bits per heavy atom. The highest BCUT2D eigenvalue weighted by Crippen LogP contribution is 2.22. The van der Waals surface area contributed by atoms with Gasteiger partial charge in [0.05, 0.1) is 0 Å². The molecule has 0 heterocycles. The van der Waals surface area contributed by atoms with Gasteiger partial charge in [-0.3, -0.25) is 0 Å². The summed E-state index contributed by atoms with van der Waals surface area (Å²) in [6, 6.07) is 10.4. The highest BCUT2D eigenvalue weighted by atomic mass is 28.3. The third kappa shape index (κ3) is 3.53.